The second-order valence-electron chi connectivity index (χ2n) is 18.6. The lowest BCUT2D eigenvalue weighted by Gasteiger charge is -2.24. The number of carbonyl (C=O) groups is 2. The number of aliphatic hydroxyl groups excluding tert-OH is 2. The highest BCUT2D eigenvalue weighted by molar-refractivity contribution is 5.77. The molecule has 0 aromatic heterocycles. The van der Waals surface area contributed by atoms with Crippen LogP contribution in [-0.2, 0) is 14.3 Å². The molecule has 368 valence electrons. The number of nitrogens with one attached hydrogen (secondary N) is 1. The van der Waals surface area contributed by atoms with E-state index in [1.165, 1.54) is 148 Å². The normalized spacial score (nSPS) is 13.5. The number of allylic oxidation sites excluding steroid dienone is 8. The second kappa shape index (κ2) is 50.8. The summed E-state index contributed by atoms with van der Waals surface area (Å²) in [5.74, 6) is -0.500. The Morgan fingerprint density at radius 2 is 0.857 bits per heavy atom. The van der Waals surface area contributed by atoms with Crippen molar-refractivity contribution in [3.05, 3.63) is 48.6 Å². The van der Waals surface area contributed by atoms with Crippen molar-refractivity contribution in [2.45, 2.75) is 296 Å². The van der Waals surface area contributed by atoms with E-state index in [0.29, 0.717) is 19.3 Å². The van der Waals surface area contributed by atoms with Crippen LogP contribution in [0.2, 0.25) is 0 Å². The van der Waals surface area contributed by atoms with Crippen molar-refractivity contribution in [3.63, 3.8) is 0 Å². The van der Waals surface area contributed by atoms with E-state index in [9.17, 15) is 19.8 Å². The number of aliphatic hydroxyl groups is 2. The van der Waals surface area contributed by atoms with Crippen molar-refractivity contribution in [2.75, 3.05) is 6.61 Å². The predicted molar refractivity (Wildman–Crippen MR) is 273 cm³/mol. The quantitative estimate of drug-likeness (QED) is 0.0321. The van der Waals surface area contributed by atoms with Gasteiger partial charge in [-0.3, -0.25) is 9.59 Å². The van der Waals surface area contributed by atoms with Crippen molar-refractivity contribution in [1.82, 2.24) is 5.32 Å². The first-order valence-corrected chi connectivity index (χ1v) is 27.4. The highest BCUT2D eigenvalue weighted by Gasteiger charge is 2.24. The minimum atomic E-state index is -0.792. The van der Waals surface area contributed by atoms with Gasteiger partial charge in [-0.2, -0.15) is 0 Å². The van der Waals surface area contributed by atoms with Crippen molar-refractivity contribution < 1.29 is 24.5 Å². The number of ether oxygens (including phenoxy) is 1. The van der Waals surface area contributed by atoms with Crippen molar-refractivity contribution in [1.29, 1.82) is 0 Å². The molecule has 0 aliphatic rings. The third-order valence-corrected chi connectivity index (χ3v) is 12.4. The first kappa shape index (κ1) is 60.8. The number of esters is 1. The molecule has 0 aromatic carbocycles. The molecule has 0 aliphatic carbocycles. The maximum atomic E-state index is 13.2. The fourth-order valence-electron chi connectivity index (χ4n) is 8.31. The number of rotatable bonds is 49. The topological polar surface area (TPSA) is 95.9 Å². The molecule has 0 aromatic rings. The van der Waals surface area contributed by atoms with Crippen LogP contribution < -0.4 is 5.32 Å². The molecule has 0 saturated carbocycles. The maximum absolute atomic E-state index is 13.2. The molecule has 0 spiro atoms. The molecule has 0 bridgehead atoms. The molecule has 0 saturated heterocycles. The highest BCUT2D eigenvalue weighted by Crippen LogP contribution is 2.18. The molecule has 6 heteroatoms. The SMILES string of the molecule is CC/C=C/C/C=C/C/C=C/C/C=C/CCCCCC(=O)OC(CCCCCCCCCCCCCC)CC(=O)NC(CO)C(O)CCCCCCCCCCCCCCCCCC. The molecule has 0 fully saturated rings. The predicted octanol–water partition coefficient (Wildman–Crippen LogP) is 16.6. The zero-order chi connectivity index (χ0) is 45.9. The van der Waals surface area contributed by atoms with E-state index in [1.54, 1.807) is 0 Å². The van der Waals surface area contributed by atoms with Crippen LogP contribution in [-0.4, -0.2) is 46.9 Å². The molecule has 3 N–H and O–H groups in total. The van der Waals surface area contributed by atoms with E-state index in [4.69, 9.17) is 4.74 Å². The Hall–Kier alpha value is -2.18. The monoisotopic (exact) mass is 884 g/mol. The minimum Gasteiger partial charge on any atom is -0.462 e. The number of amides is 1. The molecule has 0 radical (unpaired) electrons. The first-order chi connectivity index (χ1) is 31.0. The fraction of sp³-hybridized carbons (Fsp3) is 0.825. The summed E-state index contributed by atoms with van der Waals surface area (Å²) in [6, 6.07) is -0.706. The maximum Gasteiger partial charge on any atom is 0.306 e. The Bertz CT molecular complexity index is 1080. The van der Waals surface area contributed by atoms with Gasteiger partial charge < -0.3 is 20.3 Å². The molecule has 3 atom stereocenters. The Balaban J connectivity index is 4.54. The molecular weight excluding hydrogens is 779 g/mol. The second-order valence-corrected chi connectivity index (χ2v) is 18.6. The smallest absolute Gasteiger partial charge is 0.306 e. The molecule has 1 amide bonds. The van der Waals surface area contributed by atoms with E-state index in [0.717, 1.165) is 83.5 Å². The highest BCUT2D eigenvalue weighted by atomic mass is 16.5. The summed E-state index contributed by atoms with van der Waals surface area (Å²) >= 11 is 0. The molecule has 0 aliphatic heterocycles. The summed E-state index contributed by atoms with van der Waals surface area (Å²) in [6.45, 7) is 6.38. The van der Waals surface area contributed by atoms with E-state index in [1.807, 2.05) is 0 Å². The minimum absolute atomic E-state index is 0.0673. The Morgan fingerprint density at radius 3 is 1.29 bits per heavy atom. The zero-order valence-corrected chi connectivity index (χ0v) is 42.0. The fourth-order valence-corrected chi connectivity index (χ4v) is 8.31. The molecule has 63 heavy (non-hydrogen) atoms. The lowest BCUT2D eigenvalue weighted by atomic mass is 10.0. The van der Waals surface area contributed by atoms with Crippen LogP contribution in [0.1, 0.15) is 278 Å². The zero-order valence-electron chi connectivity index (χ0n) is 42.0. The van der Waals surface area contributed by atoms with Gasteiger partial charge in [-0.15, -0.1) is 0 Å². The number of hydrogen-bond donors (Lipinski definition) is 3. The molecule has 6 nitrogen and oxygen atoms in total. The van der Waals surface area contributed by atoms with E-state index in [-0.39, 0.29) is 24.9 Å². The van der Waals surface area contributed by atoms with Crippen LogP contribution in [0.5, 0.6) is 0 Å². The van der Waals surface area contributed by atoms with Gasteiger partial charge in [0, 0.05) is 6.42 Å². The number of carbonyl (C=O) groups excluding carboxylic acids is 2. The third-order valence-electron chi connectivity index (χ3n) is 12.4. The van der Waals surface area contributed by atoms with Gasteiger partial charge in [-0.25, -0.2) is 0 Å². The van der Waals surface area contributed by atoms with Crippen LogP contribution in [0.25, 0.3) is 0 Å². The van der Waals surface area contributed by atoms with E-state index in [2.05, 4.69) is 74.7 Å². The van der Waals surface area contributed by atoms with Gasteiger partial charge in [0.1, 0.15) is 6.10 Å². The summed E-state index contributed by atoms with van der Waals surface area (Å²) in [5, 5.41) is 23.8. The number of unbranched alkanes of at least 4 members (excludes halogenated alkanes) is 29. The third kappa shape index (κ3) is 46.2. The van der Waals surface area contributed by atoms with Crippen LogP contribution >= 0.6 is 0 Å². The van der Waals surface area contributed by atoms with Crippen LogP contribution in [0.15, 0.2) is 48.6 Å². The molecular formula is C57H105NO5. The van der Waals surface area contributed by atoms with Gasteiger partial charge in [0.05, 0.1) is 25.2 Å². The van der Waals surface area contributed by atoms with Crippen molar-refractivity contribution in [3.8, 4) is 0 Å². The molecule has 3 unspecified atom stereocenters. The standard InChI is InChI=1S/C57H105NO5/c1-4-7-10-13-16-19-22-25-27-29-31-34-37-40-43-46-49-55(60)54(52-59)58-56(61)51-53(48-45-42-39-36-33-24-21-18-15-12-9-6-3)63-57(62)50-47-44-41-38-35-32-30-28-26-23-20-17-14-11-8-5-2/h8,11,17,20,26,28,32,35,53-55,59-60H,4-7,9-10,12-16,18-19,21-25,27,29-31,33-34,36-52H2,1-3H3,(H,58,61)/b11-8+,20-17+,28-26+,35-32+. The van der Waals surface area contributed by atoms with Crippen LogP contribution in [0.4, 0.5) is 0 Å². The van der Waals surface area contributed by atoms with Crippen molar-refractivity contribution in [2.24, 2.45) is 0 Å². The Morgan fingerprint density at radius 1 is 0.476 bits per heavy atom. The van der Waals surface area contributed by atoms with Gasteiger partial charge in [0.25, 0.3) is 0 Å². The molecule has 0 heterocycles. The summed E-state index contributed by atoms with van der Waals surface area (Å²) in [6.07, 6.45) is 61.7. The summed E-state index contributed by atoms with van der Waals surface area (Å²) in [5.41, 5.74) is 0. The summed E-state index contributed by atoms with van der Waals surface area (Å²) in [4.78, 5) is 26.2. The van der Waals surface area contributed by atoms with Gasteiger partial charge in [0.2, 0.25) is 5.91 Å². The van der Waals surface area contributed by atoms with Gasteiger partial charge >= 0.3 is 5.97 Å². The van der Waals surface area contributed by atoms with Crippen molar-refractivity contribution >= 4 is 11.9 Å². The average Bonchev–Trinajstić information content (AvgIpc) is 3.28. The van der Waals surface area contributed by atoms with Crippen LogP contribution in [0, 0.1) is 0 Å². The summed E-state index contributed by atoms with van der Waals surface area (Å²) < 4.78 is 5.93. The number of hydrogen-bond acceptors (Lipinski definition) is 5. The van der Waals surface area contributed by atoms with Crippen LogP contribution in [0.3, 0.4) is 0 Å². The van der Waals surface area contributed by atoms with E-state index >= 15 is 0 Å². The first-order valence-electron chi connectivity index (χ1n) is 27.4. The summed E-state index contributed by atoms with van der Waals surface area (Å²) in [7, 11) is 0. The lowest BCUT2D eigenvalue weighted by molar-refractivity contribution is -0.151. The molecule has 0 rings (SSSR count). The lowest BCUT2D eigenvalue weighted by Crippen LogP contribution is -2.46. The van der Waals surface area contributed by atoms with Gasteiger partial charge in [0.15, 0.2) is 0 Å². The Labute approximate surface area is 391 Å². The van der Waals surface area contributed by atoms with Gasteiger partial charge in [-0.05, 0) is 64.2 Å². The van der Waals surface area contributed by atoms with Gasteiger partial charge in [-0.1, -0.05) is 249 Å². The Kier molecular flexibility index (Phi) is 49.1. The largest absolute Gasteiger partial charge is 0.462 e. The van der Waals surface area contributed by atoms with E-state index < -0.39 is 18.2 Å². The average molecular weight is 884 g/mol.